The molecule has 5 nitrogen and oxygen atoms in total. The van der Waals surface area contributed by atoms with Crippen LogP contribution in [-0.2, 0) is 11.3 Å². The summed E-state index contributed by atoms with van der Waals surface area (Å²) in [5.41, 5.74) is 4.09. The van der Waals surface area contributed by atoms with Gasteiger partial charge in [-0.1, -0.05) is 38.1 Å². The lowest BCUT2D eigenvalue weighted by molar-refractivity contribution is -0.117. The van der Waals surface area contributed by atoms with Crippen molar-refractivity contribution >= 4 is 17.4 Å². The van der Waals surface area contributed by atoms with Crippen LogP contribution >= 0.6 is 0 Å². The summed E-state index contributed by atoms with van der Waals surface area (Å²) in [7, 11) is 0. The van der Waals surface area contributed by atoms with Crippen molar-refractivity contribution in [2.24, 2.45) is 0 Å². The molecule has 0 aromatic heterocycles. The Balaban J connectivity index is 1.42. The van der Waals surface area contributed by atoms with Gasteiger partial charge in [-0.2, -0.15) is 0 Å². The van der Waals surface area contributed by atoms with Crippen molar-refractivity contribution in [1.29, 1.82) is 0 Å². The van der Waals surface area contributed by atoms with Crippen LogP contribution in [0, 0.1) is 0 Å². The van der Waals surface area contributed by atoms with Gasteiger partial charge in [0.05, 0.1) is 6.54 Å². The second-order valence-electron chi connectivity index (χ2n) is 8.13. The Hall–Kier alpha value is -2.50. The van der Waals surface area contributed by atoms with Crippen molar-refractivity contribution in [2.45, 2.75) is 33.2 Å². The Morgan fingerprint density at radius 1 is 0.897 bits per heavy atom. The molecule has 1 N–H and O–H groups in total. The van der Waals surface area contributed by atoms with Gasteiger partial charge in [0.15, 0.2) is 5.78 Å². The second kappa shape index (κ2) is 9.81. The number of hydrogen-bond acceptors (Lipinski definition) is 4. The topological polar surface area (TPSA) is 52.7 Å². The van der Waals surface area contributed by atoms with Crippen molar-refractivity contribution in [2.75, 3.05) is 38.0 Å². The monoisotopic (exact) mass is 393 g/mol. The van der Waals surface area contributed by atoms with Gasteiger partial charge in [0, 0.05) is 44.0 Å². The average molecular weight is 394 g/mol. The predicted molar refractivity (Wildman–Crippen MR) is 117 cm³/mol. The number of hydrogen-bond donors (Lipinski definition) is 1. The first-order valence-corrected chi connectivity index (χ1v) is 10.3. The lowest BCUT2D eigenvalue weighted by Crippen LogP contribution is -2.48. The van der Waals surface area contributed by atoms with Gasteiger partial charge < -0.3 is 5.32 Å². The molecule has 0 radical (unpaired) electrons. The molecule has 1 saturated heterocycles. The summed E-state index contributed by atoms with van der Waals surface area (Å²) in [5.74, 6) is 0.570. The molecule has 1 amide bonds. The molecule has 2 aromatic carbocycles. The number of amides is 1. The Morgan fingerprint density at radius 3 is 2.03 bits per heavy atom. The molecule has 1 fully saturated rings. The first-order chi connectivity index (χ1) is 13.9. The zero-order valence-electron chi connectivity index (χ0n) is 17.6. The maximum Gasteiger partial charge on any atom is 0.238 e. The summed E-state index contributed by atoms with van der Waals surface area (Å²) in [6, 6.07) is 15.9. The number of piperazine rings is 1. The van der Waals surface area contributed by atoms with Crippen LogP contribution in [0.4, 0.5) is 5.69 Å². The van der Waals surface area contributed by atoms with E-state index in [4.69, 9.17) is 0 Å². The lowest BCUT2D eigenvalue weighted by Gasteiger charge is -2.34. The van der Waals surface area contributed by atoms with Gasteiger partial charge >= 0.3 is 0 Å². The number of benzene rings is 2. The Labute approximate surface area is 173 Å². The zero-order chi connectivity index (χ0) is 20.8. The summed E-state index contributed by atoms with van der Waals surface area (Å²) in [6.45, 7) is 11.0. The fraction of sp³-hybridized carbons (Fsp3) is 0.417. The van der Waals surface area contributed by atoms with Gasteiger partial charge in [-0.15, -0.1) is 0 Å². The van der Waals surface area contributed by atoms with Gasteiger partial charge in [0.25, 0.3) is 0 Å². The smallest absolute Gasteiger partial charge is 0.238 e. The molecule has 2 aromatic rings. The summed E-state index contributed by atoms with van der Waals surface area (Å²) < 4.78 is 0. The van der Waals surface area contributed by atoms with Crippen LogP contribution in [-0.4, -0.2) is 54.2 Å². The van der Waals surface area contributed by atoms with Crippen molar-refractivity contribution < 1.29 is 9.59 Å². The molecule has 5 heteroatoms. The Morgan fingerprint density at radius 2 is 1.48 bits per heavy atom. The number of carbonyl (C=O) groups is 2. The van der Waals surface area contributed by atoms with Crippen molar-refractivity contribution in [3.63, 3.8) is 0 Å². The SMILES string of the molecule is CC(=O)c1ccc(NC(=O)CN2CCN(Cc3ccc(C(C)C)cc3)CC2)cc1. The molecule has 154 valence electrons. The van der Waals surface area contributed by atoms with Gasteiger partial charge in [0.2, 0.25) is 5.91 Å². The minimum absolute atomic E-state index is 0.0155. The first-order valence-electron chi connectivity index (χ1n) is 10.3. The quantitative estimate of drug-likeness (QED) is 0.728. The zero-order valence-corrected chi connectivity index (χ0v) is 17.6. The van der Waals surface area contributed by atoms with E-state index in [-0.39, 0.29) is 11.7 Å². The van der Waals surface area contributed by atoms with E-state index in [9.17, 15) is 9.59 Å². The van der Waals surface area contributed by atoms with Gasteiger partial charge in [-0.05, 0) is 48.2 Å². The number of ketones is 1. The van der Waals surface area contributed by atoms with Crippen molar-refractivity contribution in [3.8, 4) is 0 Å². The van der Waals surface area contributed by atoms with Crippen LogP contribution < -0.4 is 5.32 Å². The van der Waals surface area contributed by atoms with Crippen LogP contribution in [0.1, 0.15) is 48.2 Å². The van der Waals surface area contributed by atoms with Crippen LogP contribution in [0.15, 0.2) is 48.5 Å². The van der Waals surface area contributed by atoms with Crippen LogP contribution in [0.25, 0.3) is 0 Å². The number of rotatable bonds is 7. The van der Waals surface area contributed by atoms with Crippen LogP contribution in [0.5, 0.6) is 0 Å². The van der Waals surface area contributed by atoms with Gasteiger partial charge in [0.1, 0.15) is 0 Å². The number of Topliss-reactive ketones (excluding diaryl/α,β-unsaturated/α-hetero) is 1. The van der Waals surface area contributed by atoms with Crippen molar-refractivity contribution in [1.82, 2.24) is 9.80 Å². The highest BCUT2D eigenvalue weighted by Crippen LogP contribution is 2.16. The van der Waals surface area contributed by atoms with Crippen molar-refractivity contribution in [3.05, 3.63) is 65.2 Å². The van der Waals surface area contributed by atoms with E-state index in [1.54, 1.807) is 24.3 Å². The first kappa shape index (κ1) is 21.2. The van der Waals surface area contributed by atoms with Gasteiger partial charge in [-0.3, -0.25) is 19.4 Å². The minimum Gasteiger partial charge on any atom is -0.325 e. The molecule has 29 heavy (non-hydrogen) atoms. The predicted octanol–water partition coefficient (Wildman–Crippen LogP) is 3.77. The molecule has 0 bridgehead atoms. The lowest BCUT2D eigenvalue weighted by atomic mass is 10.0. The third-order valence-corrected chi connectivity index (χ3v) is 5.46. The highest BCUT2D eigenvalue weighted by Gasteiger charge is 2.19. The Kier molecular flexibility index (Phi) is 7.18. The van der Waals surface area contributed by atoms with E-state index < -0.39 is 0 Å². The Bertz CT molecular complexity index is 820. The maximum absolute atomic E-state index is 12.3. The number of nitrogens with zero attached hydrogens (tertiary/aromatic N) is 2. The van der Waals surface area contributed by atoms with E-state index in [2.05, 4.69) is 53.2 Å². The number of anilines is 1. The molecule has 0 saturated carbocycles. The standard InChI is InChI=1S/C24H31N3O2/c1-18(2)21-6-4-20(5-7-21)16-26-12-14-27(15-13-26)17-24(29)25-23-10-8-22(9-11-23)19(3)28/h4-11,18H,12-17H2,1-3H3,(H,25,29). The maximum atomic E-state index is 12.3. The van der Waals surface area contributed by atoms with E-state index in [0.717, 1.165) is 38.4 Å². The van der Waals surface area contributed by atoms with E-state index in [1.807, 2.05) is 0 Å². The normalized spacial score (nSPS) is 15.4. The molecule has 0 aliphatic carbocycles. The van der Waals surface area contributed by atoms with Crippen LogP contribution in [0.2, 0.25) is 0 Å². The molecule has 0 spiro atoms. The van der Waals surface area contributed by atoms with E-state index in [1.165, 1.54) is 18.1 Å². The number of nitrogens with one attached hydrogen (secondary N) is 1. The minimum atomic E-state index is -0.0155. The van der Waals surface area contributed by atoms with E-state index in [0.29, 0.717) is 18.0 Å². The third kappa shape index (κ3) is 6.24. The molecular weight excluding hydrogens is 362 g/mol. The average Bonchev–Trinajstić information content (AvgIpc) is 2.70. The second-order valence-corrected chi connectivity index (χ2v) is 8.13. The summed E-state index contributed by atoms with van der Waals surface area (Å²) in [6.07, 6.45) is 0. The molecular formula is C24H31N3O2. The fourth-order valence-electron chi connectivity index (χ4n) is 3.56. The highest BCUT2D eigenvalue weighted by atomic mass is 16.2. The molecule has 0 unspecified atom stereocenters. The molecule has 3 rings (SSSR count). The summed E-state index contributed by atoms with van der Waals surface area (Å²) in [4.78, 5) is 28.3. The number of carbonyl (C=O) groups excluding carboxylic acids is 2. The highest BCUT2D eigenvalue weighted by molar-refractivity contribution is 5.96. The van der Waals surface area contributed by atoms with E-state index >= 15 is 0 Å². The van der Waals surface area contributed by atoms with Crippen LogP contribution in [0.3, 0.4) is 0 Å². The van der Waals surface area contributed by atoms with Gasteiger partial charge in [-0.25, -0.2) is 0 Å². The molecule has 1 aliphatic heterocycles. The molecule has 0 atom stereocenters. The third-order valence-electron chi connectivity index (χ3n) is 5.46. The fourth-order valence-corrected chi connectivity index (χ4v) is 3.56. The molecule has 1 heterocycles. The summed E-state index contributed by atoms with van der Waals surface area (Å²) in [5, 5.41) is 2.92. The summed E-state index contributed by atoms with van der Waals surface area (Å²) >= 11 is 0. The molecule has 1 aliphatic rings. The largest absolute Gasteiger partial charge is 0.325 e.